The lowest BCUT2D eigenvalue weighted by Gasteiger charge is -2.25. The lowest BCUT2D eigenvalue weighted by Crippen LogP contribution is -2.40. The average Bonchev–Trinajstić information content (AvgIpc) is 3.08. The highest BCUT2D eigenvalue weighted by molar-refractivity contribution is 5.95. The highest BCUT2D eigenvalue weighted by atomic mass is 16.2. The number of aromatic nitrogens is 2. The number of carbonyl (C=O) groups excluding carboxylic acids is 2. The molecule has 2 N–H and O–H groups in total. The topological polar surface area (TPSA) is 78.1 Å². The van der Waals surface area contributed by atoms with Crippen molar-refractivity contribution < 1.29 is 9.59 Å². The van der Waals surface area contributed by atoms with E-state index in [2.05, 4.69) is 15.3 Å². The fourth-order valence-corrected chi connectivity index (χ4v) is 3.24. The Bertz CT molecular complexity index is 930. The maximum atomic E-state index is 12.3. The molecule has 1 saturated heterocycles. The molecule has 3 aromatic rings. The van der Waals surface area contributed by atoms with Crippen molar-refractivity contribution in [3.8, 4) is 11.4 Å². The maximum absolute atomic E-state index is 12.3. The number of hydrogen-bond acceptors (Lipinski definition) is 3. The molecule has 0 atom stereocenters. The first-order valence-electron chi connectivity index (χ1n) is 8.82. The van der Waals surface area contributed by atoms with Gasteiger partial charge < -0.3 is 15.2 Å². The molecule has 2 aromatic carbocycles. The first-order chi connectivity index (χ1) is 12.7. The smallest absolute Gasteiger partial charge is 0.243 e. The van der Waals surface area contributed by atoms with Gasteiger partial charge in [0.25, 0.3) is 0 Å². The van der Waals surface area contributed by atoms with Crippen LogP contribution in [-0.4, -0.2) is 39.8 Å². The van der Waals surface area contributed by atoms with Crippen LogP contribution in [0.3, 0.4) is 0 Å². The molecule has 6 nitrogen and oxygen atoms in total. The van der Waals surface area contributed by atoms with Crippen LogP contribution in [0.2, 0.25) is 0 Å². The molecule has 4 rings (SSSR count). The first kappa shape index (κ1) is 16.3. The van der Waals surface area contributed by atoms with Crippen LogP contribution in [0.15, 0.2) is 48.5 Å². The van der Waals surface area contributed by atoms with Crippen LogP contribution in [-0.2, 0) is 9.59 Å². The second kappa shape index (κ2) is 7.00. The van der Waals surface area contributed by atoms with Gasteiger partial charge in [-0.1, -0.05) is 24.3 Å². The Morgan fingerprint density at radius 3 is 2.88 bits per heavy atom. The number of piperidine rings is 1. The molecule has 0 radical (unpaired) electrons. The van der Waals surface area contributed by atoms with Crippen molar-refractivity contribution in [2.24, 2.45) is 0 Å². The van der Waals surface area contributed by atoms with Crippen molar-refractivity contribution in [1.82, 2.24) is 14.9 Å². The number of anilines is 1. The zero-order chi connectivity index (χ0) is 17.9. The van der Waals surface area contributed by atoms with Gasteiger partial charge >= 0.3 is 0 Å². The van der Waals surface area contributed by atoms with Crippen LogP contribution in [0.5, 0.6) is 0 Å². The SMILES string of the molecule is O=C(CN1CCCCC1=O)Nc1cccc(-c2nc3ccccc3[nH]2)c1. The Kier molecular flexibility index (Phi) is 4.39. The van der Waals surface area contributed by atoms with Crippen molar-refractivity contribution in [2.75, 3.05) is 18.4 Å². The Hall–Kier alpha value is -3.15. The van der Waals surface area contributed by atoms with Gasteiger partial charge in [-0.05, 0) is 37.1 Å². The Balaban J connectivity index is 1.48. The van der Waals surface area contributed by atoms with E-state index in [1.54, 1.807) is 4.90 Å². The van der Waals surface area contributed by atoms with Crippen LogP contribution >= 0.6 is 0 Å². The summed E-state index contributed by atoms with van der Waals surface area (Å²) in [6.45, 7) is 0.763. The number of carbonyl (C=O) groups is 2. The molecule has 6 heteroatoms. The number of para-hydroxylation sites is 2. The van der Waals surface area contributed by atoms with Crippen molar-refractivity contribution in [2.45, 2.75) is 19.3 Å². The standard InChI is InChI=1S/C20H20N4O2/c25-18(13-24-11-4-3-10-19(24)26)21-15-7-5-6-14(12-15)20-22-16-8-1-2-9-17(16)23-20/h1-2,5-9,12H,3-4,10-11,13H2,(H,21,25)(H,22,23). The quantitative estimate of drug-likeness (QED) is 0.760. The summed E-state index contributed by atoms with van der Waals surface area (Å²) >= 11 is 0. The second-order valence-electron chi connectivity index (χ2n) is 6.50. The van der Waals surface area contributed by atoms with Crippen LogP contribution in [0, 0.1) is 0 Å². The predicted octanol–water partition coefficient (Wildman–Crippen LogP) is 3.18. The normalized spacial score (nSPS) is 14.6. The molecular formula is C20H20N4O2. The lowest BCUT2D eigenvalue weighted by atomic mass is 10.1. The van der Waals surface area contributed by atoms with Crippen LogP contribution in [0.4, 0.5) is 5.69 Å². The van der Waals surface area contributed by atoms with Crippen LogP contribution in [0.1, 0.15) is 19.3 Å². The largest absolute Gasteiger partial charge is 0.338 e. The van der Waals surface area contributed by atoms with E-state index in [1.165, 1.54) is 0 Å². The Morgan fingerprint density at radius 2 is 2.04 bits per heavy atom. The molecule has 1 aromatic heterocycles. The number of likely N-dealkylation sites (tertiary alicyclic amines) is 1. The third-order valence-corrected chi connectivity index (χ3v) is 4.56. The molecule has 0 aliphatic carbocycles. The number of H-pyrrole nitrogens is 1. The molecule has 0 unspecified atom stereocenters. The van der Waals surface area contributed by atoms with E-state index in [9.17, 15) is 9.59 Å². The van der Waals surface area contributed by atoms with E-state index in [4.69, 9.17) is 0 Å². The fourth-order valence-electron chi connectivity index (χ4n) is 3.24. The Labute approximate surface area is 151 Å². The summed E-state index contributed by atoms with van der Waals surface area (Å²) in [5, 5.41) is 2.88. The van der Waals surface area contributed by atoms with Gasteiger partial charge in [-0.15, -0.1) is 0 Å². The van der Waals surface area contributed by atoms with Crippen LogP contribution in [0.25, 0.3) is 22.4 Å². The van der Waals surface area contributed by atoms with Gasteiger partial charge in [0.1, 0.15) is 5.82 Å². The predicted molar refractivity (Wildman–Crippen MR) is 101 cm³/mol. The minimum Gasteiger partial charge on any atom is -0.338 e. The van der Waals surface area contributed by atoms with E-state index in [0.29, 0.717) is 18.7 Å². The van der Waals surface area contributed by atoms with Crippen molar-refractivity contribution in [3.63, 3.8) is 0 Å². The van der Waals surface area contributed by atoms with Gasteiger partial charge in [-0.25, -0.2) is 4.98 Å². The van der Waals surface area contributed by atoms with Gasteiger partial charge in [0, 0.05) is 24.2 Å². The van der Waals surface area contributed by atoms with Gasteiger partial charge in [-0.3, -0.25) is 9.59 Å². The van der Waals surface area contributed by atoms with E-state index in [-0.39, 0.29) is 18.4 Å². The molecule has 1 fully saturated rings. The molecule has 2 heterocycles. The summed E-state index contributed by atoms with van der Waals surface area (Å²) in [5.41, 5.74) is 3.46. The van der Waals surface area contributed by atoms with Gasteiger partial charge in [0.2, 0.25) is 11.8 Å². The maximum Gasteiger partial charge on any atom is 0.243 e. The summed E-state index contributed by atoms with van der Waals surface area (Å²) in [7, 11) is 0. The number of hydrogen-bond donors (Lipinski definition) is 2. The van der Waals surface area contributed by atoms with Crippen LogP contribution < -0.4 is 5.32 Å². The third kappa shape index (κ3) is 3.44. The molecule has 26 heavy (non-hydrogen) atoms. The minimum atomic E-state index is -0.179. The number of rotatable bonds is 4. The van der Waals surface area contributed by atoms with Crippen molar-refractivity contribution >= 4 is 28.5 Å². The van der Waals surface area contributed by atoms with Crippen molar-refractivity contribution in [1.29, 1.82) is 0 Å². The van der Waals surface area contributed by atoms with E-state index in [1.807, 2.05) is 48.5 Å². The third-order valence-electron chi connectivity index (χ3n) is 4.56. The zero-order valence-corrected chi connectivity index (χ0v) is 14.4. The number of benzene rings is 2. The number of imidazole rings is 1. The van der Waals surface area contributed by atoms with Crippen molar-refractivity contribution in [3.05, 3.63) is 48.5 Å². The summed E-state index contributed by atoms with van der Waals surface area (Å²) in [6.07, 6.45) is 2.41. The molecule has 0 bridgehead atoms. The number of nitrogens with one attached hydrogen (secondary N) is 2. The first-order valence-corrected chi connectivity index (χ1v) is 8.82. The number of nitrogens with zero attached hydrogens (tertiary/aromatic N) is 2. The lowest BCUT2D eigenvalue weighted by molar-refractivity contribution is -0.136. The summed E-state index contributed by atoms with van der Waals surface area (Å²) in [5.74, 6) is 0.637. The molecule has 132 valence electrons. The number of amides is 2. The van der Waals surface area contributed by atoms with Gasteiger partial charge in [0.15, 0.2) is 0 Å². The van der Waals surface area contributed by atoms with E-state index >= 15 is 0 Å². The monoisotopic (exact) mass is 348 g/mol. The Morgan fingerprint density at radius 1 is 1.15 bits per heavy atom. The zero-order valence-electron chi connectivity index (χ0n) is 14.4. The molecule has 0 spiro atoms. The molecule has 1 aliphatic rings. The fraction of sp³-hybridized carbons (Fsp3) is 0.250. The summed E-state index contributed by atoms with van der Waals surface area (Å²) in [6, 6.07) is 15.4. The second-order valence-corrected chi connectivity index (χ2v) is 6.50. The minimum absolute atomic E-state index is 0.0578. The number of fused-ring (bicyclic) bond motifs is 1. The number of aromatic amines is 1. The summed E-state index contributed by atoms with van der Waals surface area (Å²) < 4.78 is 0. The molecule has 1 aliphatic heterocycles. The van der Waals surface area contributed by atoms with Gasteiger partial charge in [-0.2, -0.15) is 0 Å². The summed E-state index contributed by atoms with van der Waals surface area (Å²) in [4.78, 5) is 33.6. The molecular weight excluding hydrogens is 328 g/mol. The van der Waals surface area contributed by atoms with Gasteiger partial charge in [0.05, 0.1) is 17.6 Å². The van der Waals surface area contributed by atoms with E-state index in [0.717, 1.165) is 35.3 Å². The van der Waals surface area contributed by atoms with E-state index < -0.39 is 0 Å². The average molecular weight is 348 g/mol. The highest BCUT2D eigenvalue weighted by Crippen LogP contribution is 2.23. The molecule has 2 amide bonds. The molecule has 0 saturated carbocycles. The highest BCUT2D eigenvalue weighted by Gasteiger charge is 2.20.